The monoisotopic (exact) mass is 423 g/mol. The molecule has 0 radical (unpaired) electrons. The first-order valence-corrected chi connectivity index (χ1v) is 9.95. The van der Waals surface area contributed by atoms with Crippen LogP contribution in [0.5, 0.6) is 5.88 Å². The van der Waals surface area contributed by atoms with E-state index in [1.807, 2.05) is 24.3 Å². The fourth-order valence-electron chi connectivity index (χ4n) is 3.49. The molecule has 1 aromatic heterocycles. The van der Waals surface area contributed by atoms with E-state index in [9.17, 15) is 13.2 Å². The molecule has 1 atom stereocenters. The first kappa shape index (κ1) is 20.7. The summed E-state index contributed by atoms with van der Waals surface area (Å²) in [5, 5.41) is 5.64. The van der Waals surface area contributed by atoms with Crippen molar-refractivity contribution in [2.24, 2.45) is 5.92 Å². The zero-order valence-electron chi connectivity index (χ0n) is 16.4. The lowest BCUT2D eigenvalue weighted by atomic mass is 9.95. The summed E-state index contributed by atoms with van der Waals surface area (Å²) >= 11 is 0. The molecule has 0 saturated carbocycles. The highest BCUT2D eigenvalue weighted by Gasteiger charge is 2.42. The summed E-state index contributed by atoms with van der Waals surface area (Å²) in [6.07, 6.45) is 1.22. The van der Waals surface area contributed by atoms with E-state index in [0.29, 0.717) is 19.8 Å². The van der Waals surface area contributed by atoms with Crippen LogP contribution in [0.2, 0.25) is 0 Å². The van der Waals surface area contributed by atoms with Crippen LogP contribution < -0.4 is 20.3 Å². The van der Waals surface area contributed by atoms with Gasteiger partial charge in [-0.3, -0.25) is 0 Å². The molecule has 0 bridgehead atoms. The lowest BCUT2D eigenvalue weighted by Gasteiger charge is -2.31. The second kappa shape index (κ2) is 9.05. The van der Waals surface area contributed by atoms with E-state index in [-0.39, 0.29) is 24.9 Å². The third-order valence-corrected chi connectivity index (χ3v) is 5.26. The summed E-state index contributed by atoms with van der Waals surface area (Å²) in [7, 11) is 0. The van der Waals surface area contributed by atoms with Crippen molar-refractivity contribution in [1.29, 1.82) is 0 Å². The molecule has 3 heterocycles. The van der Waals surface area contributed by atoms with Gasteiger partial charge in [-0.05, 0) is 37.2 Å². The molecule has 2 fully saturated rings. The van der Waals surface area contributed by atoms with Crippen LogP contribution in [0.1, 0.15) is 6.42 Å². The molecule has 2 aliphatic rings. The molecule has 0 amide bonds. The van der Waals surface area contributed by atoms with Crippen LogP contribution in [0, 0.1) is 11.7 Å². The molecule has 30 heavy (non-hydrogen) atoms. The van der Waals surface area contributed by atoms with E-state index in [0.717, 1.165) is 30.7 Å². The number of benzene rings is 1. The van der Waals surface area contributed by atoms with Crippen LogP contribution in [0.3, 0.4) is 0 Å². The smallest absolute Gasteiger partial charge is 0.266 e. The van der Waals surface area contributed by atoms with Gasteiger partial charge in [0.25, 0.3) is 11.8 Å². The molecule has 4 rings (SSSR count). The van der Waals surface area contributed by atoms with Crippen molar-refractivity contribution >= 4 is 17.3 Å². The molecule has 10 heteroatoms. The lowest BCUT2D eigenvalue weighted by Crippen LogP contribution is -2.48. The minimum atomic E-state index is -2.90. The van der Waals surface area contributed by atoms with Gasteiger partial charge in [0, 0.05) is 24.5 Å². The number of anilines is 3. The Labute approximate surface area is 172 Å². The molecule has 2 N–H and O–H groups in total. The summed E-state index contributed by atoms with van der Waals surface area (Å²) < 4.78 is 52.5. The van der Waals surface area contributed by atoms with E-state index < -0.39 is 24.2 Å². The van der Waals surface area contributed by atoms with Gasteiger partial charge in [-0.1, -0.05) is 0 Å². The Morgan fingerprint density at radius 2 is 2.00 bits per heavy atom. The maximum atomic E-state index is 14.0. The maximum Gasteiger partial charge on any atom is 0.266 e. The number of halogens is 3. The first-order valence-electron chi connectivity index (χ1n) is 9.95. The van der Waals surface area contributed by atoms with Crippen LogP contribution >= 0.6 is 0 Å². The number of hydrogen-bond donors (Lipinski definition) is 2. The molecule has 7 nitrogen and oxygen atoms in total. The van der Waals surface area contributed by atoms with Crippen molar-refractivity contribution in [2.45, 2.75) is 12.3 Å². The Balaban J connectivity index is 1.39. The Bertz CT molecular complexity index is 847. The summed E-state index contributed by atoms with van der Waals surface area (Å²) in [6.45, 7) is 2.85. The number of alkyl halides is 2. The Kier molecular flexibility index (Phi) is 6.24. The molecule has 1 aromatic carbocycles. The van der Waals surface area contributed by atoms with Crippen molar-refractivity contribution in [2.75, 3.05) is 56.2 Å². The van der Waals surface area contributed by atoms with E-state index in [2.05, 4.69) is 25.5 Å². The third kappa shape index (κ3) is 4.93. The first-order chi connectivity index (χ1) is 14.5. The topological polar surface area (TPSA) is 71.5 Å². The number of ether oxygens (including phenoxy) is 2. The van der Waals surface area contributed by atoms with Crippen molar-refractivity contribution in [3.63, 3.8) is 0 Å². The van der Waals surface area contributed by atoms with E-state index in [4.69, 9.17) is 9.47 Å². The quantitative estimate of drug-likeness (QED) is 0.740. The van der Waals surface area contributed by atoms with Crippen molar-refractivity contribution in [3.05, 3.63) is 36.3 Å². The van der Waals surface area contributed by atoms with Gasteiger partial charge in [0.15, 0.2) is 0 Å². The maximum absolute atomic E-state index is 14.0. The normalized spacial score (nSPS) is 21.3. The molecule has 0 spiro atoms. The molecular weight excluding hydrogens is 399 g/mol. The van der Waals surface area contributed by atoms with E-state index >= 15 is 0 Å². The molecular formula is C20H24F3N5O2. The molecule has 2 aliphatic heterocycles. The SMILES string of the molecule is Fc1cnc(Nc2ccc(N3CCOCC3)cc2)nc1OCC1CCNCC1(F)F. The van der Waals surface area contributed by atoms with Gasteiger partial charge < -0.3 is 25.0 Å². The molecule has 162 valence electrons. The Morgan fingerprint density at radius 3 is 2.73 bits per heavy atom. The number of piperidine rings is 1. The standard InChI is InChI=1S/C20H24F3N5O2/c21-17-11-25-19(27-18(17)30-12-14-5-6-24-13-20(14,22)23)26-15-1-3-16(4-2-15)28-7-9-29-10-8-28/h1-4,11,14,24H,5-10,12-13H2,(H,25,26,27). The number of hydrogen-bond acceptors (Lipinski definition) is 7. The predicted octanol–water partition coefficient (Wildman–Crippen LogP) is 2.82. The van der Waals surface area contributed by atoms with Gasteiger partial charge in [-0.25, -0.2) is 13.8 Å². The van der Waals surface area contributed by atoms with E-state index in [1.165, 1.54) is 0 Å². The summed E-state index contributed by atoms with van der Waals surface area (Å²) in [5.41, 5.74) is 1.80. The predicted molar refractivity (Wildman–Crippen MR) is 106 cm³/mol. The van der Waals surface area contributed by atoms with Crippen molar-refractivity contribution < 1.29 is 22.6 Å². The number of morpholine rings is 1. The Morgan fingerprint density at radius 1 is 1.23 bits per heavy atom. The molecule has 2 aromatic rings. The van der Waals surface area contributed by atoms with Crippen LogP contribution in [0.25, 0.3) is 0 Å². The zero-order chi connectivity index (χ0) is 21.0. The minimum Gasteiger partial charge on any atom is -0.475 e. The lowest BCUT2D eigenvalue weighted by molar-refractivity contribution is -0.0870. The second-order valence-corrected chi connectivity index (χ2v) is 7.35. The minimum absolute atomic E-state index is 0.127. The molecule has 0 aliphatic carbocycles. The van der Waals surface area contributed by atoms with Gasteiger partial charge in [-0.2, -0.15) is 9.37 Å². The third-order valence-electron chi connectivity index (χ3n) is 5.26. The Hall–Kier alpha value is -2.59. The van der Waals surface area contributed by atoms with Gasteiger partial charge in [0.2, 0.25) is 11.8 Å². The fraction of sp³-hybridized carbons (Fsp3) is 0.500. The van der Waals surface area contributed by atoms with Crippen LogP contribution in [-0.4, -0.2) is 61.9 Å². The van der Waals surface area contributed by atoms with Crippen molar-refractivity contribution in [1.82, 2.24) is 15.3 Å². The highest BCUT2D eigenvalue weighted by atomic mass is 19.3. The van der Waals surface area contributed by atoms with Gasteiger partial charge >= 0.3 is 0 Å². The number of rotatable bonds is 6. The average Bonchev–Trinajstić information content (AvgIpc) is 2.76. The van der Waals surface area contributed by atoms with E-state index in [1.54, 1.807) is 0 Å². The zero-order valence-corrected chi connectivity index (χ0v) is 16.4. The molecule has 1 unspecified atom stereocenters. The number of aromatic nitrogens is 2. The summed E-state index contributed by atoms with van der Waals surface area (Å²) in [5.74, 6) is -4.89. The van der Waals surface area contributed by atoms with Crippen molar-refractivity contribution in [3.8, 4) is 5.88 Å². The van der Waals surface area contributed by atoms with Gasteiger partial charge in [-0.15, -0.1) is 0 Å². The largest absolute Gasteiger partial charge is 0.475 e. The van der Waals surface area contributed by atoms with Gasteiger partial charge in [0.1, 0.15) is 0 Å². The summed E-state index contributed by atoms with van der Waals surface area (Å²) in [4.78, 5) is 10.1. The highest BCUT2D eigenvalue weighted by Crippen LogP contribution is 2.30. The average molecular weight is 423 g/mol. The molecule has 2 saturated heterocycles. The fourth-order valence-corrected chi connectivity index (χ4v) is 3.49. The van der Waals surface area contributed by atoms with Gasteiger partial charge in [0.05, 0.1) is 38.5 Å². The highest BCUT2D eigenvalue weighted by molar-refractivity contribution is 5.59. The number of nitrogens with one attached hydrogen (secondary N) is 2. The summed E-state index contributed by atoms with van der Waals surface area (Å²) in [6, 6.07) is 7.67. The van der Waals surface area contributed by atoms with Crippen LogP contribution in [0.4, 0.5) is 30.5 Å². The van der Waals surface area contributed by atoms with Crippen LogP contribution in [-0.2, 0) is 4.74 Å². The van der Waals surface area contributed by atoms with Crippen LogP contribution in [0.15, 0.2) is 30.5 Å². The second-order valence-electron chi connectivity index (χ2n) is 7.35. The number of nitrogens with zero attached hydrogens (tertiary/aromatic N) is 3.